The molecule has 2 aromatic rings. The number of hydrogen-bond acceptors (Lipinski definition) is 5. The fourth-order valence-electron chi connectivity index (χ4n) is 2.46. The summed E-state index contributed by atoms with van der Waals surface area (Å²) in [6, 6.07) is 14.8. The molecule has 0 spiro atoms. The maximum Gasteiger partial charge on any atom is 0.264 e. The molecule has 1 amide bonds. The van der Waals surface area contributed by atoms with Gasteiger partial charge < -0.3 is 14.8 Å². The molecule has 28 heavy (non-hydrogen) atoms. The topological polar surface area (TPSA) is 84.9 Å². The van der Waals surface area contributed by atoms with Crippen LogP contribution in [0.5, 0.6) is 0 Å². The van der Waals surface area contributed by atoms with Gasteiger partial charge in [0.2, 0.25) is 0 Å². The average Bonchev–Trinajstić information content (AvgIpc) is 2.73. The summed E-state index contributed by atoms with van der Waals surface area (Å²) in [6.07, 6.45) is 0.657. The second-order valence-corrected chi connectivity index (χ2v) is 8.02. The Kier molecular flexibility index (Phi) is 8.43. The van der Waals surface area contributed by atoms with Crippen LogP contribution >= 0.6 is 0 Å². The van der Waals surface area contributed by atoms with Crippen LogP contribution in [0.25, 0.3) is 0 Å². The smallest absolute Gasteiger partial charge is 0.264 e. The maximum atomic E-state index is 12.9. The molecule has 0 saturated heterocycles. The van der Waals surface area contributed by atoms with Crippen LogP contribution in [0.3, 0.4) is 0 Å². The number of rotatable bonds is 11. The Morgan fingerprint density at radius 1 is 1.04 bits per heavy atom. The third-order valence-corrected chi connectivity index (χ3v) is 5.84. The molecule has 0 aliphatic carbocycles. The second-order valence-electron chi connectivity index (χ2n) is 6.05. The van der Waals surface area contributed by atoms with Gasteiger partial charge in [-0.2, -0.15) is 0 Å². The molecule has 8 heteroatoms. The standard InChI is InChI=1S/C20H26N2O5S/c1-22(18-9-4-3-5-10-18)28(24,25)19-11-6-8-17(16-19)20(23)21-12-7-13-27-15-14-26-2/h3-6,8-11,16H,7,12-15H2,1-2H3,(H,21,23). The van der Waals surface area contributed by atoms with Crippen molar-refractivity contribution in [1.82, 2.24) is 5.32 Å². The number of amides is 1. The molecule has 0 heterocycles. The van der Waals surface area contributed by atoms with Gasteiger partial charge in [-0.05, 0) is 36.8 Å². The molecule has 152 valence electrons. The molecule has 0 saturated carbocycles. The number of benzene rings is 2. The van der Waals surface area contributed by atoms with Gasteiger partial charge in [-0.15, -0.1) is 0 Å². The Morgan fingerprint density at radius 2 is 1.79 bits per heavy atom. The van der Waals surface area contributed by atoms with Gasteiger partial charge in [0.05, 0.1) is 23.8 Å². The maximum absolute atomic E-state index is 12.9. The number of methoxy groups -OCH3 is 1. The third kappa shape index (κ3) is 6.05. The SMILES string of the molecule is COCCOCCCNC(=O)c1cccc(S(=O)(=O)N(C)c2ccccc2)c1. The lowest BCUT2D eigenvalue weighted by atomic mass is 10.2. The highest BCUT2D eigenvalue weighted by Crippen LogP contribution is 2.22. The van der Waals surface area contributed by atoms with Crippen molar-refractivity contribution in [1.29, 1.82) is 0 Å². The van der Waals surface area contributed by atoms with Crippen molar-refractivity contribution >= 4 is 21.6 Å². The van der Waals surface area contributed by atoms with Crippen LogP contribution in [-0.4, -0.2) is 54.8 Å². The third-order valence-electron chi connectivity index (χ3n) is 4.06. The predicted octanol–water partition coefficient (Wildman–Crippen LogP) is 2.29. The molecule has 1 N–H and O–H groups in total. The molecule has 2 aromatic carbocycles. The Hall–Kier alpha value is -2.42. The van der Waals surface area contributed by atoms with Crippen molar-refractivity contribution in [2.24, 2.45) is 0 Å². The zero-order chi connectivity index (χ0) is 20.4. The Labute approximate surface area is 166 Å². The number of ether oxygens (including phenoxy) is 2. The van der Waals surface area contributed by atoms with Gasteiger partial charge in [0, 0.05) is 32.9 Å². The minimum atomic E-state index is -3.76. The first kappa shape index (κ1) is 21.9. The monoisotopic (exact) mass is 406 g/mol. The number of carbonyl (C=O) groups is 1. The first-order valence-electron chi connectivity index (χ1n) is 8.95. The summed E-state index contributed by atoms with van der Waals surface area (Å²) >= 11 is 0. The van der Waals surface area contributed by atoms with Gasteiger partial charge in [0.15, 0.2) is 0 Å². The lowest BCUT2D eigenvalue weighted by Gasteiger charge is -2.19. The lowest BCUT2D eigenvalue weighted by Crippen LogP contribution is -2.28. The van der Waals surface area contributed by atoms with Gasteiger partial charge in [0.1, 0.15) is 0 Å². The molecule has 0 atom stereocenters. The molecule has 2 rings (SSSR count). The molecule has 0 bridgehead atoms. The number of carbonyl (C=O) groups excluding carboxylic acids is 1. The highest BCUT2D eigenvalue weighted by Gasteiger charge is 2.22. The van der Waals surface area contributed by atoms with Crippen molar-refractivity contribution < 1.29 is 22.7 Å². The van der Waals surface area contributed by atoms with Crippen molar-refractivity contribution in [3.05, 3.63) is 60.2 Å². The van der Waals surface area contributed by atoms with Crippen LogP contribution in [0.15, 0.2) is 59.5 Å². The number of nitrogens with one attached hydrogen (secondary N) is 1. The van der Waals surface area contributed by atoms with Crippen LogP contribution in [0.2, 0.25) is 0 Å². The normalized spacial score (nSPS) is 11.2. The molecular weight excluding hydrogens is 380 g/mol. The zero-order valence-corrected chi connectivity index (χ0v) is 16.9. The van der Waals surface area contributed by atoms with Crippen LogP contribution in [-0.2, 0) is 19.5 Å². The molecule has 0 aliphatic heterocycles. The summed E-state index contributed by atoms with van der Waals surface area (Å²) < 4.78 is 37.1. The van der Waals surface area contributed by atoms with Crippen LogP contribution in [0, 0.1) is 0 Å². The molecule has 7 nitrogen and oxygen atoms in total. The highest BCUT2D eigenvalue weighted by atomic mass is 32.2. The van der Waals surface area contributed by atoms with E-state index in [0.29, 0.717) is 44.0 Å². The van der Waals surface area contributed by atoms with Crippen LogP contribution in [0.1, 0.15) is 16.8 Å². The molecule has 0 aromatic heterocycles. The predicted molar refractivity (Wildman–Crippen MR) is 108 cm³/mol. The molecule has 0 unspecified atom stereocenters. The zero-order valence-electron chi connectivity index (χ0n) is 16.1. The van der Waals surface area contributed by atoms with E-state index in [1.807, 2.05) is 6.07 Å². The van der Waals surface area contributed by atoms with E-state index in [2.05, 4.69) is 5.32 Å². The average molecular weight is 407 g/mol. The van der Waals surface area contributed by atoms with Crippen molar-refractivity contribution in [3.8, 4) is 0 Å². The van der Waals surface area contributed by atoms with Crippen molar-refractivity contribution in [2.75, 3.05) is 44.8 Å². The molecule has 0 aliphatic rings. The minimum absolute atomic E-state index is 0.0643. The van der Waals surface area contributed by atoms with E-state index < -0.39 is 10.0 Å². The van der Waals surface area contributed by atoms with Gasteiger partial charge in [-0.25, -0.2) is 8.42 Å². The van der Waals surface area contributed by atoms with Crippen LogP contribution < -0.4 is 9.62 Å². The molecule has 0 radical (unpaired) electrons. The molecular formula is C20H26N2O5S. The number of para-hydroxylation sites is 1. The van der Waals surface area contributed by atoms with E-state index >= 15 is 0 Å². The van der Waals surface area contributed by atoms with Crippen molar-refractivity contribution in [2.45, 2.75) is 11.3 Å². The van der Waals surface area contributed by atoms with E-state index in [1.165, 1.54) is 23.5 Å². The summed E-state index contributed by atoms with van der Waals surface area (Å²) in [5, 5.41) is 2.77. The largest absolute Gasteiger partial charge is 0.382 e. The summed E-state index contributed by atoms with van der Waals surface area (Å²) in [5.74, 6) is -0.323. The van der Waals surface area contributed by atoms with Crippen LogP contribution in [0.4, 0.5) is 5.69 Å². The van der Waals surface area contributed by atoms with Gasteiger partial charge in [-0.3, -0.25) is 9.10 Å². The Bertz CT molecular complexity index is 856. The summed E-state index contributed by atoms with van der Waals surface area (Å²) in [6.45, 7) is 2.00. The fraction of sp³-hybridized carbons (Fsp3) is 0.350. The van der Waals surface area contributed by atoms with E-state index in [9.17, 15) is 13.2 Å². The van der Waals surface area contributed by atoms with E-state index in [0.717, 1.165) is 0 Å². The first-order valence-corrected chi connectivity index (χ1v) is 10.4. The van der Waals surface area contributed by atoms with E-state index in [-0.39, 0.29) is 10.8 Å². The Balaban J connectivity index is 1.98. The Morgan fingerprint density at radius 3 is 2.50 bits per heavy atom. The van der Waals surface area contributed by atoms with Gasteiger partial charge in [0.25, 0.3) is 15.9 Å². The number of nitrogens with zero attached hydrogens (tertiary/aromatic N) is 1. The highest BCUT2D eigenvalue weighted by molar-refractivity contribution is 7.92. The fourth-order valence-corrected chi connectivity index (χ4v) is 3.70. The lowest BCUT2D eigenvalue weighted by molar-refractivity contribution is 0.0688. The number of hydrogen-bond donors (Lipinski definition) is 1. The van der Waals surface area contributed by atoms with E-state index in [1.54, 1.807) is 43.5 Å². The minimum Gasteiger partial charge on any atom is -0.382 e. The molecule has 0 fully saturated rings. The van der Waals surface area contributed by atoms with Gasteiger partial charge >= 0.3 is 0 Å². The summed E-state index contributed by atoms with van der Waals surface area (Å²) in [5.41, 5.74) is 0.841. The summed E-state index contributed by atoms with van der Waals surface area (Å²) in [4.78, 5) is 12.4. The second kappa shape index (κ2) is 10.8. The first-order chi connectivity index (χ1) is 13.5. The van der Waals surface area contributed by atoms with Crippen molar-refractivity contribution in [3.63, 3.8) is 0 Å². The number of anilines is 1. The summed E-state index contributed by atoms with van der Waals surface area (Å²) in [7, 11) is -0.671. The van der Waals surface area contributed by atoms with E-state index in [4.69, 9.17) is 9.47 Å². The number of sulfonamides is 1. The van der Waals surface area contributed by atoms with Gasteiger partial charge in [-0.1, -0.05) is 24.3 Å². The quantitative estimate of drug-likeness (QED) is 0.579.